The minimum Gasteiger partial charge on any atom is -0.350 e. The van der Waals surface area contributed by atoms with Gasteiger partial charge in [-0.2, -0.15) is 0 Å². The highest BCUT2D eigenvalue weighted by atomic mass is 79.9. The van der Waals surface area contributed by atoms with Crippen LogP contribution in [-0.2, 0) is 4.79 Å². The second-order valence-corrected chi connectivity index (χ2v) is 6.51. The molecule has 0 spiro atoms. The van der Waals surface area contributed by atoms with Crippen molar-refractivity contribution in [2.75, 3.05) is 13.1 Å². The van der Waals surface area contributed by atoms with Crippen LogP contribution >= 0.6 is 15.9 Å². The Balaban J connectivity index is 1.76. The summed E-state index contributed by atoms with van der Waals surface area (Å²) < 4.78 is 1.05. The van der Waals surface area contributed by atoms with Crippen LogP contribution in [0.4, 0.5) is 0 Å². The molecule has 2 N–H and O–H groups in total. The van der Waals surface area contributed by atoms with Crippen molar-refractivity contribution in [2.45, 2.75) is 38.6 Å². The summed E-state index contributed by atoms with van der Waals surface area (Å²) >= 11 is 3.46. The molecular weight excluding hydrogens is 316 g/mol. The molecule has 0 saturated carbocycles. The molecule has 0 bridgehead atoms. The maximum atomic E-state index is 12.0. The number of halogens is 1. The number of benzene rings is 1. The van der Waals surface area contributed by atoms with Gasteiger partial charge in [0.15, 0.2) is 0 Å². The maximum absolute atomic E-state index is 12.0. The van der Waals surface area contributed by atoms with E-state index in [0.29, 0.717) is 12.3 Å². The fourth-order valence-corrected chi connectivity index (χ4v) is 3.10. The van der Waals surface area contributed by atoms with Crippen LogP contribution < -0.4 is 10.6 Å². The third-order valence-corrected chi connectivity index (χ3v) is 4.40. The summed E-state index contributed by atoms with van der Waals surface area (Å²) in [7, 11) is 0. The summed E-state index contributed by atoms with van der Waals surface area (Å²) in [5, 5.41) is 6.48. The van der Waals surface area contributed by atoms with E-state index in [2.05, 4.69) is 32.6 Å². The van der Waals surface area contributed by atoms with Gasteiger partial charge in [-0.15, -0.1) is 0 Å². The number of amides is 1. The predicted octanol–water partition coefficient (Wildman–Crippen LogP) is 3.41. The molecule has 0 aromatic heterocycles. The first-order valence-corrected chi connectivity index (χ1v) is 8.20. The van der Waals surface area contributed by atoms with Gasteiger partial charge in [-0.25, -0.2) is 0 Å². The topological polar surface area (TPSA) is 41.1 Å². The highest BCUT2D eigenvalue weighted by molar-refractivity contribution is 9.10. The van der Waals surface area contributed by atoms with E-state index in [4.69, 9.17) is 0 Å². The van der Waals surface area contributed by atoms with Crippen LogP contribution in [0.15, 0.2) is 28.7 Å². The third-order valence-electron chi connectivity index (χ3n) is 3.90. The molecule has 110 valence electrons. The van der Waals surface area contributed by atoms with Gasteiger partial charge in [-0.05, 0) is 62.9 Å². The minimum atomic E-state index is 0.0597. The predicted molar refractivity (Wildman–Crippen MR) is 85.5 cm³/mol. The lowest BCUT2D eigenvalue weighted by Crippen LogP contribution is -2.31. The van der Waals surface area contributed by atoms with E-state index in [1.807, 2.05) is 25.1 Å². The van der Waals surface area contributed by atoms with Gasteiger partial charge in [0.05, 0.1) is 6.04 Å². The third kappa shape index (κ3) is 4.91. The SMILES string of the molecule is C[C@H](NC(=O)CCC1CCCNC1)c1cccc(Br)c1. The van der Waals surface area contributed by atoms with Crippen LogP contribution in [0, 0.1) is 5.92 Å². The molecule has 20 heavy (non-hydrogen) atoms. The van der Waals surface area contributed by atoms with Gasteiger partial charge in [0.25, 0.3) is 0 Å². The Morgan fingerprint density at radius 3 is 3.10 bits per heavy atom. The van der Waals surface area contributed by atoms with Crippen molar-refractivity contribution in [3.8, 4) is 0 Å². The molecule has 1 heterocycles. The van der Waals surface area contributed by atoms with Crippen molar-refractivity contribution in [1.29, 1.82) is 0 Å². The number of hydrogen-bond donors (Lipinski definition) is 2. The molecule has 1 fully saturated rings. The molecule has 1 aliphatic heterocycles. The Hall–Kier alpha value is -0.870. The van der Waals surface area contributed by atoms with Crippen LogP contribution in [-0.4, -0.2) is 19.0 Å². The van der Waals surface area contributed by atoms with Crippen molar-refractivity contribution >= 4 is 21.8 Å². The average molecular weight is 339 g/mol. The second-order valence-electron chi connectivity index (χ2n) is 5.60. The molecule has 1 unspecified atom stereocenters. The van der Waals surface area contributed by atoms with Gasteiger partial charge >= 0.3 is 0 Å². The van der Waals surface area contributed by atoms with E-state index in [1.54, 1.807) is 0 Å². The zero-order valence-corrected chi connectivity index (χ0v) is 13.6. The van der Waals surface area contributed by atoms with E-state index in [-0.39, 0.29) is 11.9 Å². The van der Waals surface area contributed by atoms with E-state index in [1.165, 1.54) is 12.8 Å². The average Bonchev–Trinajstić information content (AvgIpc) is 2.46. The molecular formula is C16H23BrN2O. The van der Waals surface area contributed by atoms with Gasteiger partial charge in [0.2, 0.25) is 5.91 Å². The number of carbonyl (C=O) groups excluding carboxylic acids is 1. The number of piperidine rings is 1. The van der Waals surface area contributed by atoms with Gasteiger partial charge in [-0.1, -0.05) is 28.1 Å². The lowest BCUT2D eigenvalue weighted by molar-refractivity contribution is -0.122. The number of nitrogens with one attached hydrogen (secondary N) is 2. The molecule has 2 rings (SSSR count). The zero-order chi connectivity index (χ0) is 14.4. The van der Waals surface area contributed by atoms with Crippen molar-refractivity contribution in [2.24, 2.45) is 5.92 Å². The summed E-state index contributed by atoms with van der Waals surface area (Å²) in [4.78, 5) is 12.0. The van der Waals surface area contributed by atoms with Crippen LogP contribution in [0.2, 0.25) is 0 Å². The van der Waals surface area contributed by atoms with Crippen molar-refractivity contribution in [1.82, 2.24) is 10.6 Å². The van der Waals surface area contributed by atoms with E-state index in [0.717, 1.165) is 29.5 Å². The lowest BCUT2D eigenvalue weighted by Gasteiger charge is -2.22. The summed E-state index contributed by atoms with van der Waals surface area (Å²) in [6, 6.07) is 8.14. The summed E-state index contributed by atoms with van der Waals surface area (Å²) in [5.74, 6) is 0.818. The monoisotopic (exact) mass is 338 g/mol. The fourth-order valence-electron chi connectivity index (χ4n) is 2.68. The van der Waals surface area contributed by atoms with Gasteiger partial charge in [0.1, 0.15) is 0 Å². The standard InChI is InChI=1S/C16H23BrN2O/c1-12(14-5-2-6-15(17)10-14)19-16(20)8-7-13-4-3-9-18-11-13/h2,5-6,10,12-13,18H,3-4,7-9,11H2,1H3,(H,19,20)/t12-,13?/m0/s1. The van der Waals surface area contributed by atoms with Crippen LogP contribution in [0.25, 0.3) is 0 Å². The minimum absolute atomic E-state index is 0.0597. The van der Waals surface area contributed by atoms with E-state index in [9.17, 15) is 4.79 Å². The van der Waals surface area contributed by atoms with Crippen LogP contribution in [0.3, 0.4) is 0 Å². The summed E-state index contributed by atoms with van der Waals surface area (Å²) in [6.45, 7) is 4.22. The highest BCUT2D eigenvalue weighted by Crippen LogP contribution is 2.19. The maximum Gasteiger partial charge on any atom is 0.220 e. The van der Waals surface area contributed by atoms with Crippen molar-refractivity contribution < 1.29 is 4.79 Å². The van der Waals surface area contributed by atoms with Gasteiger partial charge in [0, 0.05) is 10.9 Å². The fraction of sp³-hybridized carbons (Fsp3) is 0.562. The Labute approximate surface area is 129 Å². The van der Waals surface area contributed by atoms with Crippen LogP contribution in [0.5, 0.6) is 0 Å². The number of carbonyl (C=O) groups is 1. The van der Waals surface area contributed by atoms with Crippen LogP contribution in [0.1, 0.15) is 44.2 Å². The number of hydrogen-bond acceptors (Lipinski definition) is 2. The van der Waals surface area contributed by atoms with E-state index >= 15 is 0 Å². The molecule has 0 radical (unpaired) electrons. The normalized spacial score (nSPS) is 20.4. The first-order chi connectivity index (χ1) is 9.65. The Bertz CT molecular complexity index is 444. The van der Waals surface area contributed by atoms with Gasteiger partial charge < -0.3 is 10.6 Å². The molecule has 3 nitrogen and oxygen atoms in total. The Morgan fingerprint density at radius 2 is 2.40 bits per heavy atom. The summed E-state index contributed by atoms with van der Waals surface area (Å²) in [6.07, 6.45) is 4.11. The molecule has 1 aliphatic rings. The molecule has 1 amide bonds. The highest BCUT2D eigenvalue weighted by Gasteiger charge is 2.15. The molecule has 4 heteroatoms. The van der Waals surface area contributed by atoms with E-state index < -0.39 is 0 Å². The smallest absolute Gasteiger partial charge is 0.220 e. The molecule has 2 atom stereocenters. The Morgan fingerprint density at radius 1 is 1.55 bits per heavy atom. The first-order valence-electron chi connectivity index (χ1n) is 7.40. The molecule has 1 aromatic rings. The first kappa shape index (κ1) is 15.5. The van der Waals surface area contributed by atoms with Crippen molar-refractivity contribution in [3.05, 3.63) is 34.3 Å². The lowest BCUT2D eigenvalue weighted by atomic mass is 9.94. The quantitative estimate of drug-likeness (QED) is 0.863. The molecule has 1 aromatic carbocycles. The zero-order valence-electron chi connectivity index (χ0n) is 12.0. The molecule has 0 aliphatic carbocycles. The van der Waals surface area contributed by atoms with Gasteiger partial charge in [-0.3, -0.25) is 4.79 Å². The Kier molecular flexibility index (Phi) is 6.05. The molecule has 1 saturated heterocycles. The second kappa shape index (κ2) is 7.79. The number of rotatable bonds is 5. The van der Waals surface area contributed by atoms with Crippen molar-refractivity contribution in [3.63, 3.8) is 0 Å². The largest absolute Gasteiger partial charge is 0.350 e. The summed E-state index contributed by atoms with van der Waals surface area (Å²) in [5.41, 5.74) is 1.13.